The molecule has 0 radical (unpaired) electrons. The maximum Gasteiger partial charge on any atom is 0.268 e. The van der Waals surface area contributed by atoms with E-state index in [1.807, 2.05) is 5.43 Å². The molecule has 7 nitrogen and oxygen atoms in total. The molecule has 2 heterocycles. The van der Waals surface area contributed by atoms with Gasteiger partial charge in [-0.15, -0.1) is 0 Å². The van der Waals surface area contributed by atoms with E-state index in [0.29, 0.717) is 29.9 Å². The van der Waals surface area contributed by atoms with Crippen LogP contribution in [0.4, 0.5) is 0 Å². The molecule has 0 bridgehead atoms. The summed E-state index contributed by atoms with van der Waals surface area (Å²) < 4.78 is 5.42. The third kappa shape index (κ3) is 2.88. The minimum absolute atomic E-state index is 0.0519. The van der Waals surface area contributed by atoms with Gasteiger partial charge in [-0.1, -0.05) is 0 Å². The van der Waals surface area contributed by atoms with Gasteiger partial charge in [0.25, 0.3) is 5.91 Å². The molecule has 0 saturated carbocycles. The largest absolute Gasteiger partial charge is 0.464 e. The monoisotopic (exact) mass is 279 g/mol. The number of amides is 3. The predicted molar refractivity (Wildman–Crippen MR) is 69.1 cm³/mol. The van der Waals surface area contributed by atoms with Crippen molar-refractivity contribution in [3.05, 3.63) is 23.2 Å². The molecule has 1 fully saturated rings. The average molecular weight is 279 g/mol. The maximum absolute atomic E-state index is 11.9. The van der Waals surface area contributed by atoms with Crippen molar-refractivity contribution in [3.8, 4) is 0 Å². The second-order valence-electron chi connectivity index (χ2n) is 4.74. The van der Waals surface area contributed by atoms with Crippen molar-refractivity contribution in [2.75, 3.05) is 0 Å². The van der Waals surface area contributed by atoms with Crippen molar-refractivity contribution in [1.82, 2.24) is 10.3 Å². The number of aryl methyl sites for hydroxylation is 1. The Kier molecular flexibility index (Phi) is 4.19. The van der Waals surface area contributed by atoms with Crippen LogP contribution in [0.1, 0.15) is 47.6 Å². The number of carbonyl (C=O) groups excluding carboxylic acids is 3. The van der Waals surface area contributed by atoms with Crippen molar-refractivity contribution < 1.29 is 18.8 Å². The van der Waals surface area contributed by atoms with E-state index in [0.717, 1.165) is 12.8 Å². The van der Waals surface area contributed by atoms with Crippen molar-refractivity contribution in [1.29, 1.82) is 0 Å². The van der Waals surface area contributed by atoms with Crippen LogP contribution >= 0.6 is 0 Å². The molecule has 2 rings (SSSR count). The number of nitrogens with one attached hydrogen (secondary N) is 1. The van der Waals surface area contributed by atoms with Crippen molar-refractivity contribution in [2.24, 2.45) is 5.84 Å². The van der Waals surface area contributed by atoms with E-state index in [9.17, 15) is 14.4 Å². The second kappa shape index (κ2) is 5.87. The Morgan fingerprint density at radius 1 is 1.35 bits per heavy atom. The zero-order valence-electron chi connectivity index (χ0n) is 11.3. The topological polar surface area (TPSA) is 106 Å². The molecule has 0 unspecified atom stereocenters. The van der Waals surface area contributed by atoms with Gasteiger partial charge in [0.1, 0.15) is 11.5 Å². The summed E-state index contributed by atoms with van der Waals surface area (Å²) in [5.74, 6) is 4.99. The lowest BCUT2D eigenvalue weighted by molar-refractivity contribution is -0.144. The Hall–Kier alpha value is -2.15. The zero-order valence-corrected chi connectivity index (χ0v) is 11.3. The first-order chi connectivity index (χ1) is 9.52. The van der Waals surface area contributed by atoms with E-state index in [1.54, 1.807) is 6.92 Å². The van der Waals surface area contributed by atoms with Gasteiger partial charge >= 0.3 is 0 Å². The molecule has 0 atom stereocenters. The average Bonchev–Trinajstić information content (AvgIpc) is 2.72. The zero-order chi connectivity index (χ0) is 14.7. The van der Waals surface area contributed by atoms with Gasteiger partial charge in [-0.3, -0.25) is 24.7 Å². The molecule has 1 aliphatic heterocycles. The fourth-order valence-electron chi connectivity index (χ4n) is 2.22. The summed E-state index contributed by atoms with van der Waals surface area (Å²) in [7, 11) is 0. The van der Waals surface area contributed by atoms with Gasteiger partial charge in [-0.05, 0) is 25.8 Å². The molecule has 0 spiro atoms. The third-order valence-corrected chi connectivity index (χ3v) is 3.29. The van der Waals surface area contributed by atoms with Crippen LogP contribution in [0.5, 0.6) is 0 Å². The van der Waals surface area contributed by atoms with Crippen LogP contribution in [0.3, 0.4) is 0 Å². The van der Waals surface area contributed by atoms with Crippen LogP contribution in [0.15, 0.2) is 10.5 Å². The number of furan rings is 1. The molecule has 3 N–H and O–H groups in total. The molecular weight excluding hydrogens is 262 g/mol. The van der Waals surface area contributed by atoms with Crippen LogP contribution in [-0.4, -0.2) is 22.6 Å². The van der Waals surface area contributed by atoms with Crippen LogP contribution < -0.4 is 11.3 Å². The minimum atomic E-state index is -0.467. The quantitative estimate of drug-likeness (QED) is 0.365. The second-order valence-corrected chi connectivity index (χ2v) is 4.74. The van der Waals surface area contributed by atoms with Crippen molar-refractivity contribution in [3.63, 3.8) is 0 Å². The summed E-state index contributed by atoms with van der Waals surface area (Å²) in [5, 5.41) is 0. The number of nitrogens with zero attached hydrogens (tertiary/aromatic N) is 1. The molecule has 1 aliphatic rings. The molecule has 1 aromatic rings. The Bertz CT molecular complexity index is 532. The molecule has 7 heteroatoms. The molecular formula is C13H17N3O4. The fourth-order valence-corrected chi connectivity index (χ4v) is 2.22. The van der Waals surface area contributed by atoms with Gasteiger partial charge in [-0.2, -0.15) is 0 Å². The molecule has 1 saturated heterocycles. The van der Waals surface area contributed by atoms with Gasteiger partial charge in [0, 0.05) is 12.8 Å². The highest BCUT2D eigenvalue weighted by Gasteiger charge is 2.26. The standard InChI is InChI=1S/C13H17N3O4/c1-8-10(13(19)15-14)6-9(20-8)7-16-11(17)4-2-3-5-12(16)18/h6H,2-5,7,14H2,1H3,(H,15,19). The Morgan fingerprint density at radius 3 is 2.50 bits per heavy atom. The third-order valence-electron chi connectivity index (χ3n) is 3.29. The van der Waals surface area contributed by atoms with Crippen LogP contribution in [0.2, 0.25) is 0 Å². The highest BCUT2D eigenvalue weighted by Crippen LogP contribution is 2.19. The number of nitrogens with two attached hydrogens (primary N) is 1. The van der Waals surface area contributed by atoms with E-state index in [2.05, 4.69) is 0 Å². The molecule has 0 aromatic carbocycles. The normalized spacial score (nSPS) is 16.2. The summed E-state index contributed by atoms with van der Waals surface area (Å²) in [6.07, 6.45) is 2.17. The Morgan fingerprint density at radius 2 is 1.95 bits per heavy atom. The van der Waals surface area contributed by atoms with Crippen LogP contribution in [-0.2, 0) is 16.1 Å². The highest BCUT2D eigenvalue weighted by atomic mass is 16.3. The summed E-state index contributed by atoms with van der Waals surface area (Å²) in [6.45, 7) is 1.68. The number of nitrogen functional groups attached to an aromatic ring is 1. The molecule has 20 heavy (non-hydrogen) atoms. The van der Waals surface area contributed by atoms with E-state index in [-0.39, 0.29) is 18.4 Å². The lowest BCUT2D eigenvalue weighted by atomic mass is 10.2. The number of likely N-dealkylation sites (tertiary alicyclic amines) is 1. The first-order valence-corrected chi connectivity index (χ1v) is 6.46. The van der Waals surface area contributed by atoms with Crippen molar-refractivity contribution >= 4 is 17.7 Å². The number of carbonyl (C=O) groups is 3. The SMILES string of the molecule is Cc1oc(CN2C(=O)CCCCC2=O)cc1C(=O)NN. The smallest absolute Gasteiger partial charge is 0.268 e. The Labute approximate surface area is 116 Å². The summed E-state index contributed by atoms with van der Waals surface area (Å²) in [4.78, 5) is 36.4. The minimum Gasteiger partial charge on any atom is -0.464 e. The fraction of sp³-hybridized carbons (Fsp3) is 0.462. The highest BCUT2D eigenvalue weighted by molar-refractivity contribution is 5.96. The summed E-state index contributed by atoms with van der Waals surface area (Å²) >= 11 is 0. The number of imide groups is 1. The maximum atomic E-state index is 11.9. The number of hydrogen-bond donors (Lipinski definition) is 2. The summed E-state index contributed by atoms with van der Waals surface area (Å²) in [6, 6.07) is 1.50. The summed E-state index contributed by atoms with van der Waals surface area (Å²) in [5.41, 5.74) is 2.32. The number of rotatable bonds is 3. The van der Waals surface area contributed by atoms with Gasteiger partial charge < -0.3 is 4.42 Å². The van der Waals surface area contributed by atoms with E-state index < -0.39 is 5.91 Å². The van der Waals surface area contributed by atoms with Crippen LogP contribution in [0.25, 0.3) is 0 Å². The van der Waals surface area contributed by atoms with Crippen LogP contribution in [0, 0.1) is 6.92 Å². The molecule has 108 valence electrons. The first kappa shape index (κ1) is 14.3. The van der Waals surface area contributed by atoms with Gasteiger partial charge in [0.2, 0.25) is 11.8 Å². The number of hydrogen-bond acceptors (Lipinski definition) is 5. The lowest BCUT2D eigenvalue weighted by Gasteiger charge is -2.16. The van der Waals surface area contributed by atoms with E-state index >= 15 is 0 Å². The lowest BCUT2D eigenvalue weighted by Crippen LogP contribution is -2.34. The molecule has 1 aromatic heterocycles. The first-order valence-electron chi connectivity index (χ1n) is 6.46. The van der Waals surface area contributed by atoms with Gasteiger partial charge in [0.05, 0.1) is 12.1 Å². The van der Waals surface area contributed by atoms with E-state index in [4.69, 9.17) is 10.3 Å². The Balaban J connectivity index is 2.18. The number of hydrazine groups is 1. The predicted octanol–water partition coefficient (Wildman–Crippen LogP) is 0.621. The van der Waals surface area contributed by atoms with E-state index in [1.165, 1.54) is 11.0 Å². The van der Waals surface area contributed by atoms with Gasteiger partial charge in [-0.25, -0.2) is 5.84 Å². The van der Waals surface area contributed by atoms with Crippen molar-refractivity contribution in [2.45, 2.75) is 39.2 Å². The molecule has 0 aliphatic carbocycles. The van der Waals surface area contributed by atoms with Gasteiger partial charge in [0.15, 0.2) is 0 Å². The molecule has 3 amide bonds.